The number of para-hydroxylation sites is 1. The first-order chi connectivity index (χ1) is 17.6. The molecular formula is C30H43N3O5. The maximum atomic E-state index is 14.1. The van der Waals surface area contributed by atoms with Crippen LogP contribution < -0.4 is 10.6 Å². The number of nitrogens with zero attached hydrogens (tertiary/aromatic N) is 1. The molecule has 3 amide bonds. The summed E-state index contributed by atoms with van der Waals surface area (Å²) in [6.45, 7) is 15.9. The fraction of sp³-hybridized carbons (Fsp3) is 0.500. The number of alkyl carbamates (subject to hydrolysis) is 1. The van der Waals surface area contributed by atoms with Gasteiger partial charge in [0.1, 0.15) is 17.7 Å². The van der Waals surface area contributed by atoms with Crippen molar-refractivity contribution in [3.05, 3.63) is 64.7 Å². The van der Waals surface area contributed by atoms with Crippen LogP contribution in [0.1, 0.15) is 76.3 Å². The highest BCUT2D eigenvalue weighted by Gasteiger charge is 2.43. The number of carbonyl (C=O) groups excluding carboxylic acids is 3. The topological polar surface area (TPSA) is 108 Å². The minimum atomic E-state index is -1.31. The summed E-state index contributed by atoms with van der Waals surface area (Å²) in [7, 11) is 0. The normalized spacial score (nSPS) is 13.3. The number of benzene rings is 2. The zero-order valence-electron chi connectivity index (χ0n) is 24.1. The van der Waals surface area contributed by atoms with Gasteiger partial charge in [0.2, 0.25) is 5.91 Å². The third kappa shape index (κ3) is 7.81. The fourth-order valence-corrected chi connectivity index (χ4v) is 4.12. The molecule has 0 aromatic heterocycles. The van der Waals surface area contributed by atoms with E-state index in [-0.39, 0.29) is 0 Å². The lowest BCUT2D eigenvalue weighted by molar-refractivity contribution is -0.148. The number of aliphatic hydroxyl groups is 1. The smallest absolute Gasteiger partial charge is 0.408 e. The van der Waals surface area contributed by atoms with Crippen molar-refractivity contribution in [3.63, 3.8) is 0 Å². The zero-order valence-corrected chi connectivity index (χ0v) is 24.1. The van der Waals surface area contributed by atoms with Crippen molar-refractivity contribution in [2.45, 2.75) is 92.0 Å². The Labute approximate surface area is 226 Å². The van der Waals surface area contributed by atoms with Crippen LogP contribution in [-0.4, -0.2) is 51.7 Å². The van der Waals surface area contributed by atoms with Crippen LogP contribution in [0.4, 0.5) is 10.5 Å². The summed E-state index contributed by atoms with van der Waals surface area (Å²) in [5, 5.41) is 15.7. The lowest BCUT2D eigenvalue weighted by Gasteiger charge is -2.44. The second-order valence-corrected chi connectivity index (χ2v) is 11.3. The maximum Gasteiger partial charge on any atom is 0.408 e. The van der Waals surface area contributed by atoms with Crippen molar-refractivity contribution in [2.24, 2.45) is 0 Å². The van der Waals surface area contributed by atoms with E-state index in [9.17, 15) is 19.5 Å². The fourth-order valence-electron chi connectivity index (χ4n) is 4.12. The summed E-state index contributed by atoms with van der Waals surface area (Å²) in [4.78, 5) is 42.1. The number of carbonyl (C=O) groups is 3. The van der Waals surface area contributed by atoms with Crippen LogP contribution in [0.2, 0.25) is 0 Å². The van der Waals surface area contributed by atoms with Crippen LogP contribution in [0.25, 0.3) is 0 Å². The predicted molar refractivity (Wildman–Crippen MR) is 150 cm³/mol. The monoisotopic (exact) mass is 525 g/mol. The molecule has 2 rings (SSSR count). The number of aryl methyl sites for hydroxylation is 3. The SMILES string of the molecule is CCC(C)(C)N(C(=O)C(CO)NC(=O)OC(C)(C)C)C(C(=O)Nc1c(C)cccc1C)c1ccc(C)cc1. The van der Waals surface area contributed by atoms with Gasteiger partial charge in [-0.05, 0) is 78.5 Å². The van der Waals surface area contributed by atoms with E-state index in [1.807, 2.05) is 84.0 Å². The molecule has 8 nitrogen and oxygen atoms in total. The molecule has 3 N–H and O–H groups in total. The Morgan fingerprint density at radius 2 is 1.50 bits per heavy atom. The largest absolute Gasteiger partial charge is 0.444 e. The number of nitrogens with one attached hydrogen (secondary N) is 2. The van der Waals surface area contributed by atoms with Crippen molar-refractivity contribution in [3.8, 4) is 0 Å². The molecule has 2 aromatic carbocycles. The molecule has 208 valence electrons. The van der Waals surface area contributed by atoms with Crippen LogP contribution in [0.5, 0.6) is 0 Å². The van der Waals surface area contributed by atoms with Crippen LogP contribution in [-0.2, 0) is 14.3 Å². The van der Waals surface area contributed by atoms with Crippen molar-refractivity contribution >= 4 is 23.6 Å². The Morgan fingerprint density at radius 1 is 0.947 bits per heavy atom. The van der Waals surface area contributed by atoms with Crippen LogP contribution >= 0.6 is 0 Å². The quantitative estimate of drug-likeness (QED) is 0.417. The van der Waals surface area contributed by atoms with Gasteiger partial charge in [-0.3, -0.25) is 9.59 Å². The molecule has 2 aromatic rings. The van der Waals surface area contributed by atoms with E-state index >= 15 is 0 Å². The number of hydrogen-bond acceptors (Lipinski definition) is 5. The van der Waals surface area contributed by atoms with Crippen molar-refractivity contribution in [2.75, 3.05) is 11.9 Å². The summed E-state index contributed by atoms with van der Waals surface area (Å²) in [5.74, 6) is -0.984. The maximum absolute atomic E-state index is 14.1. The summed E-state index contributed by atoms with van der Waals surface area (Å²) < 4.78 is 5.31. The first-order valence-corrected chi connectivity index (χ1v) is 13.0. The van der Waals surface area contributed by atoms with E-state index in [0.29, 0.717) is 17.7 Å². The molecule has 0 bridgehead atoms. The lowest BCUT2D eigenvalue weighted by Crippen LogP contribution is -2.59. The van der Waals surface area contributed by atoms with Crippen LogP contribution in [0.3, 0.4) is 0 Å². The molecule has 0 aliphatic heterocycles. The molecule has 0 spiro atoms. The van der Waals surface area contributed by atoms with Crippen molar-refractivity contribution < 1.29 is 24.2 Å². The Morgan fingerprint density at radius 3 is 1.97 bits per heavy atom. The Kier molecular flexibility index (Phi) is 10.1. The van der Waals surface area contributed by atoms with Gasteiger partial charge >= 0.3 is 6.09 Å². The third-order valence-electron chi connectivity index (χ3n) is 6.56. The highest BCUT2D eigenvalue weighted by Crippen LogP contribution is 2.34. The summed E-state index contributed by atoms with van der Waals surface area (Å²) in [6.07, 6.45) is -0.312. The molecule has 0 radical (unpaired) electrons. The standard InChI is InChI=1S/C30H43N3O5/c1-10-30(8,9)33(27(36)23(18-34)31-28(37)38-29(5,6)7)25(22-16-14-19(2)15-17-22)26(35)32-24-20(3)12-11-13-21(24)4/h11-17,23,25,34H,10,18H2,1-9H3,(H,31,37)(H,32,35). The van der Waals surface area contributed by atoms with E-state index in [2.05, 4.69) is 10.6 Å². The van der Waals surface area contributed by atoms with Gasteiger partial charge in [-0.2, -0.15) is 0 Å². The van der Waals surface area contributed by atoms with Gasteiger partial charge in [0, 0.05) is 11.2 Å². The number of amides is 3. The first-order valence-electron chi connectivity index (χ1n) is 13.0. The summed E-state index contributed by atoms with van der Waals surface area (Å²) >= 11 is 0. The van der Waals surface area contributed by atoms with Crippen LogP contribution in [0.15, 0.2) is 42.5 Å². The van der Waals surface area contributed by atoms with Gasteiger partial charge in [0.25, 0.3) is 5.91 Å². The Bertz CT molecular complexity index is 1120. The minimum Gasteiger partial charge on any atom is -0.444 e. The molecule has 0 saturated heterocycles. The van der Waals surface area contributed by atoms with Crippen molar-refractivity contribution in [1.82, 2.24) is 10.2 Å². The number of ether oxygens (including phenoxy) is 1. The number of aliphatic hydroxyl groups excluding tert-OH is 1. The second-order valence-electron chi connectivity index (χ2n) is 11.3. The van der Waals surface area contributed by atoms with Gasteiger partial charge < -0.3 is 25.4 Å². The van der Waals surface area contributed by atoms with Gasteiger partial charge in [-0.1, -0.05) is 55.0 Å². The molecule has 38 heavy (non-hydrogen) atoms. The summed E-state index contributed by atoms with van der Waals surface area (Å²) in [6, 6.07) is 10.8. The number of hydrogen-bond donors (Lipinski definition) is 3. The Hall–Kier alpha value is -3.39. The molecule has 2 atom stereocenters. The summed E-state index contributed by atoms with van der Waals surface area (Å²) in [5.41, 5.74) is 2.50. The highest BCUT2D eigenvalue weighted by atomic mass is 16.6. The van der Waals surface area contributed by atoms with E-state index in [1.165, 1.54) is 4.90 Å². The third-order valence-corrected chi connectivity index (χ3v) is 6.56. The Balaban J connectivity index is 2.61. The molecular weight excluding hydrogens is 482 g/mol. The minimum absolute atomic E-state index is 0.393. The van der Waals surface area contributed by atoms with E-state index in [0.717, 1.165) is 16.7 Å². The molecule has 0 fully saturated rings. The second kappa shape index (κ2) is 12.4. The molecule has 0 aliphatic rings. The number of rotatable bonds is 9. The lowest BCUT2D eigenvalue weighted by atomic mass is 9.91. The van der Waals surface area contributed by atoms with Crippen LogP contribution in [0, 0.1) is 20.8 Å². The average Bonchev–Trinajstić information content (AvgIpc) is 2.82. The van der Waals surface area contributed by atoms with Gasteiger partial charge in [0.05, 0.1) is 6.61 Å². The zero-order chi connectivity index (χ0) is 28.8. The predicted octanol–water partition coefficient (Wildman–Crippen LogP) is 5.19. The molecule has 2 unspecified atom stereocenters. The molecule has 0 saturated carbocycles. The average molecular weight is 526 g/mol. The van der Waals surface area contributed by atoms with Gasteiger partial charge in [-0.15, -0.1) is 0 Å². The molecule has 8 heteroatoms. The van der Waals surface area contributed by atoms with Gasteiger partial charge in [0.15, 0.2) is 0 Å². The van der Waals surface area contributed by atoms with E-state index < -0.39 is 47.7 Å². The number of anilines is 1. The molecule has 0 aliphatic carbocycles. The van der Waals surface area contributed by atoms with Gasteiger partial charge in [-0.25, -0.2) is 4.79 Å². The van der Waals surface area contributed by atoms with Crippen molar-refractivity contribution in [1.29, 1.82) is 0 Å². The molecule has 0 heterocycles. The first kappa shape index (κ1) is 30.8. The highest BCUT2D eigenvalue weighted by molar-refractivity contribution is 6.00. The van der Waals surface area contributed by atoms with E-state index in [1.54, 1.807) is 20.8 Å². The van der Waals surface area contributed by atoms with E-state index in [4.69, 9.17) is 4.74 Å².